The fourth-order valence-electron chi connectivity index (χ4n) is 4.16. The summed E-state index contributed by atoms with van der Waals surface area (Å²) in [5, 5.41) is 14.6. The minimum absolute atomic E-state index is 0.0169. The summed E-state index contributed by atoms with van der Waals surface area (Å²) in [5.41, 5.74) is 4.00. The standard InChI is InChI=1S/C26H32N2O5/c1-16(13-22(29)28-23(24(30)31)26(2,3)4)14-27-25(32)33-15-21-19-11-7-5-9-17(19)18-10-6-8-12-20(18)21/h5-12,16,21,23H,13-15H2,1-4H3,(H,27,32)(H,28,29)(H,30,31). The lowest BCUT2D eigenvalue weighted by molar-refractivity contribution is -0.145. The maximum Gasteiger partial charge on any atom is 0.407 e. The Balaban J connectivity index is 1.48. The van der Waals surface area contributed by atoms with Crippen molar-refractivity contribution in [3.05, 3.63) is 59.7 Å². The van der Waals surface area contributed by atoms with E-state index in [2.05, 4.69) is 34.9 Å². The molecule has 3 rings (SSSR count). The number of alkyl carbamates (subject to hydrolysis) is 1. The summed E-state index contributed by atoms with van der Waals surface area (Å²) < 4.78 is 5.51. The molecule has 0 radical (unpaired) electrons. The lowest BCUT2D eigenvalue weighted by Gasteiger charge is -2.28. The number of ether oxygens (including phenoxy) is 1. The Morgan fingerprint density at radius 1 is 1.00 bits per heavy atom. The topological polar surface area (TPSA) is 105 Å². The number of benzene rings is 2. The van der Waals surface area contributed by atoms with Crippen LogP contribution in [-0.2, 0) is 14.3 Å². The molecule has 0 bridgehead atoms. The van der Waals surface area contributed by atoms with Crippen molar-refractivity contribution >= 4 is 18.0 Å². The molecular weight excluding hydrogens is 420 g/mol. The number of amides is 2. The molecule has 2 unspecified atom stereocenters. The van der Waals surface area contributed by atoms with E-state index >= 15 is 0 Å². The molecular formula is C26H32N2O5. The highest BCUT2D eigenvalue weighted by Gasteiger charge is 2.33. The lowest BCUT2D eigenvalue weighted by atomic mass is 9.86. The molecule has 2 aromatic carbocycles. The van der Waals surface area contributed by atoms with E-state index in [1.165, 1.54) is 0 Å². The van der Waals surface area contributed by atoms with Crippen LogP contribution in [0.3, 0.4) is 0 Å². The Hall–Kier alpha value is -3.35. The molecule has 3 N–H and O–H groups in total. The van der Waals surface area contributed by atoms with Crippen molar-refractivity contribution in [2.24, 2.45) is 11.3 Å². The number of carboxylic acid groups (broad SMARTS) is 1. The third-order valence-corrected chi connectivity index (χ3v) is 5.89. The molecule has 1 aliphatic rings. The van der Waals surface area contributed by atoms with E-state index in [9.17, 15) is 19.5 Å². The van der Waals surface area contributed by atoms with E-state index in [0.29, 0.717) is 0 Å². The Labute approximate surface area is 194 Å². The lowest BCUT2D eigenvalue weighted by Crippen LogP contribution is -2.49. The zero-order valence-electron chi connectivity index (χ0n) is 19.6. The van der Waals surface area contributed by atoms with Gasteiger partial charge in [-0.05, 0) is 33.6 Å². The number of hydrogen-bond acceptors (Lipinski definition) is 4. The van der Waals surface area contributed by atoms with Crippen LogP contribution in [0, 0.1) is 11.3 Å². The third-order valence-electron chi connectivity index (χ3n) is 5.89. The monoisotopic (exact) mass is 452 g/mol. The van der Waals surface area contributed by atoms with E-state index in [0.717, 1.165) is 22.3 Å². The van der Waals surface area contributed by atoms with Crippen molar-refractivity contribution in [1.82, 2.24) is 10.6 Å². The van der Waals surface area contributed by atoms with Gasteiger partial charge in [0.05, 0.1) is 0 Å². The molecule has 33 heavy (non-hydrogen) atoms. The summed E-state index contributed by atoms with van der Waals surface area (Å²) >= 11 is 0. The van der Waals surface area contributed by atoms with E-state index in [-0.39, 0.29) is 37.3 Å². The van der Waals surface area contributed by atoms with Crippen molar-refractivity contribution in [3.8, 4) is 11.1 Å². The van der Waals surface area contributed by atoms with Gasteiger partial charge in [0.15, 0.2) is 0 Å². The predicted molar refractivity (Wildman–Crippen MR) is 126 cm³/mol. The highest BCUT2D eigenvalue weighted by atomic mass is 16.5. The van der Waals surface area contributed by atoms with Crippen molar-refractivity contribution in [1.29, 1.82) is 0 Å². The first-order valence-corrected chi connectivity index (χ1v) is 11.2. The minimum atomic E-state index is -1.07. The predicted octanol–water partition coefficient (Wildman–Crippen LogP) is 4.17. The highest BCUT2D eigenvalue weighted by Crippen LogP contribution is 2.44. The van der Waals surface area contributed by atoms with Crippen LogP contribution in [0.1, 0.15) is 51.2 Å². The quantitative estimate of drug-likeness (QED) is 0.558. The van der Waals surface area contributed by atoms with Crippen LogP contribution in [0.5, 0.6) is 0 Å². The van der Waals surface area contributed by atoms with Crippen LogP contribution in [0.15, 0.2) is 48.5 Å². The number of aliphatic carboxylic acids is 1. The van der Waals surface area contributed by atoms with Crippen molar-refractivity contribution in [2.45, 2.75) is 46.1 Å². The number of rotatable bonds is 8. The van der Waals surface area contributed by atoms with Gasteiger partial charge in [0.1, 0.15) is 12.6 Å². The van der Waals surface area contributed by atoms with Crippen LogP contribution >= 0.6 is 0 Å². The Bertz CT molecular complexity index is 982. The van der Waals surface area contributed by atoms with Crippen LogP contribution in [0.25, 0.3) is 11.1 Å². The summed E-state index contributed by atoms with van der Waals surface area (Å²) in [6.45, 7) is 7.56. The summed E-state index contributed by atoms with van der Waals surface area (Å²) in [4.78, 5) is 36.0. The molecule has 0 saturated heterocycles. The van der Waals surface area contributed by atoms with Gasteiger partial charge in [0.25, 0.3) is 0 Å². The SMILES string of the molecule is CC(CNC(=O)OCC1c2ccccc2-c2ccccc21)CC(=O)NC(C(=O)O)C(C)(C)C. The molecule has 0 spiro atoms. The molecule has 1 aliphatic carbocycles. The van der Waals surface area contributed by atoms with Gasteiger partial charge in [-0.3, -0.25) is 4.79 Å². The second kappa shape index (κ2) is 10.1. The van der Waals surface area contributed by atoms with Crippen molar-refractivity contribution in [2.75, 3.05) is 13.2 Å². The average molecular weight is 453 g/mol. The van der Waals surface area contributed by atoms with Crippen LogP contribution in [-0.4, -0.2) is 42.3 Å². The first-order valence-electron chi connectivity index (χ1n) is 11.2. The molecule has 2 amide bonds. The van der Waals surface area contributed by atoms with Crippen LogP contribution < -0.4 is 10.6 Å². The highest BCUT2D eigenvalue weighted by molar-refractivity contribution is 5.84. The van der Waals surface area contributed by atoms with Gasteiger partial charge in [0.2, 0.25) is 5.91 Å². The van der Waals surface area contributed by atoms with Gasteiger partial charge in [-0.1, -0.05) is 76.2 Å². The smallest absolute Gasteiger partial charge is 0.407 e. The summed E-state index contributed by atoms with van der Waals surface area (Å²) in [6, 6.07) is 15.3. The number of carbonyl (C=O) groups excluding carboxylic acids is 2. The molecule has 176 valence electrons. The van der Waals surface area contributed by atoms with Gasteiger partial charge >= 0.3 is 12.1 Å². The fourth-order valence-corrected chi connectivity index (χ4v) is 4.16. The zero-order chi connectivity index (χ0) is 24.2. The largest absolute Gasteiger partial charge is 0.480 e. The van der Waals surface area contributed by atoms with Gasteiger partial charge < -0.3 is 20.5 Å². The Morgan fingerprint density at radius 3 is 2.06 bits per heavy atom. The minimum Gasteiger partial charge on any atom is -0.480 e. The summed E-state index contributed by atoms with van der Waals surface area (Å²) in [6.07, 6.45) is -0.439. The first-order chi connectivity index (χ1) is 15.6. The second-order valence-electron chi connectivity index (χ2n) is 9.72. The summed E-state index contributed by atoms with van der Waals surface area (Å²) in [7, 11) is 0. The number of nitrogens with one attached hydrogen (secondary N) is 2. The zero-order valence-corrected chi connectivity index (χ0v) is 19.6. The summed E-state index contributed by atoms with van der Waals surface area (Å²) in [5.74, 6) is -1.63. The van der Waals surface area contributed by atoms with E-state index in [1.54, 1.807) is 20.8 Å². The molecule has 0 saturated carbocycles. The van der Waals surface area contributed by atoms with Crippen LogP contribution in [0.2, 0.25) is 0 Å². The van der Waals surface area contributed by atoms with Crippen LogP contribution in [0.4, 0.5) is 4.79 Å². The number of carboxylic acids is 1. The maximum absolute atomic E-state index is 12.3. The molecule has 0 fully saturated rings. The molecule has 7 heteroatoms. The normalized spacial score (nSPS) is 14.5. The molecule has 2 atom stereocenters. The molecule has 0 aromatic heterocycles. The number of hydrogen-bond donors (Lipinski definition) is 3. The number of fused-ring (bicyclic) bond motifs is 3. The second-order valence-corrected chi connectivity index (χ2v) is 9.72. The van der Waals surface area contributed by atoms with E-state index < -0.39 is 23.5 Å². The van der Waals surface area contributed by atoms with Crippen molar-refractivity contribution < 1.29 is 24.2 Å². The Morgan fingerprint density at radius 2 is 1.55 bits per heavy atom. The third kappa shape index (κ3) is 5.92. The van der Waals surface area contributed by atoms with Crippen molar-refractivity contribution in [3.63, 3.8) is 0 Å². The van der Waals surface area contributed by atoms with Gasteiger partial charge in [-0.25, -0.2) is 9.59 Å². The molecule has 7 nitrogen and oxygen atoms in total. The number of carbonyl (C=O) groups is 3. The first kappa shape index (κ1) is 24.3. The average Bonchev–Trinajstić information content (AvgIpc) is 3.07. The molecule has 0 heterocycles. The van der Waals surface area contributed by atoms with Gasteiger partial charge in [-0.15, -0.1) is 0 Å². The van der Waals surface area contributed by atoms with E-state index in [4.69, 9.17) is 4.74 Å². The maximum atomic E-state index is 12.3. The Kier molecular flexibility index (Phi) is 7.41. The van der Waals surface area contributed by atoms with E-state index in [1.807, 2.05) is 31.2 Å². The van der Waals surface area contributed by atoms with Gasteiger partial charge in [0, 0.05) is 18.9 Å². The van der Waals surface area contributed by atoms with Gasteiger partial charge in [-0.2, -0.15) is 0 Å². The molecule has 0 aliphatic heterocycles. The fraction of sp³-hybridized carbons (Fsp3) is 0.423. The molecule has 2 aromatic rings.